The average Bonchev–Trinajstić information content (AvgIpc) is 2.41. The maximum atomic E-state index is 13.9. The van der Waals surface area contributed by atoms with E-state index in [0.29, 0.717) is 17.3 Å². The van der Waals surface area contributed by atoms with Crippen molar-refractivity contribution in [3.05, 3.63) is 34.1 Å². The number of nitriles is 1. The van der Waals surface area contributed by atoms with E-state index in [-0.39, 0.29) is 11.0 Å². The van der Waals surface area contributed by atoms with Gasteiger partial charge in [0.1, 0.15) is 11.9 Å². The van der Waals surface area contributed by atoms with Crippen molar-refractivity contribution in [2.24, 2.45) is 10.8 Å². The van der Waals surface area contributed by atoms with Crippen molar-refractivity contribution in [3.63, 3.8) is 0 Å². The van der Waals surface area contributed by atoms with Crippen LogP contribution in [0.3, 0.4) is 0 Å². The maximum Gasteiger partial charge on any atom is 0.129 e. The SMILES string of the molecule is CC1(C)CCC(C#N)(C(O)c2cc(Br)ccc2F)CC1. The highest BCUT2D eigenvalue weighted by atomic mass is 79.9. The minimum Gasteiger partial charge on any atom is -0.387 e. The lowest BCUT2D eigenvalue weighted by molar-refractivity contribution is 0.00749. The van der Waals surface area contributed by atoms with Crippen molar-refractivity contribution in [1.29, 1.82) is 5.26 Å². The second kappa shape index (κ2) is 5.46. The molecule has 0 aromatic heterocycles. The monoisotopic (exact) mass is 339 g/mol. The first kappa shape index (κ1) is 15.5. The summed E-state index contributed by atoms with van der Waals surface area (Å²) in [5.74, 6) is -0.458. The van der Waals surface area contributed by atoms with Crippen LogP contribution >= 0.6 is 15.9 Å². The van der Waals surface area contributed by atoms with Crippen LogP contribution in [-0.2, 0) is 0 Å². The van der Waals surface area contributed by atoms with Crippen molar-refractivity contribution >= 4 is 15.9 Å². The molecule has 0 radical (unpaired) electrons. The highest BCUT2D eigenvalue weighted by Gasteiger charge is 2.45. The summed E-state index contributed by atoms with van der Waals surface area (Å²) in [6.45, 7) is 4.33. The van der Waals surface area contributed by atoms with Gasteiger partial charge in [-0.2, -0.15) is 5.26 Å². The number of hydrogen-bond acceptors (Lipinski definition) is 2. The largest absolute Gasteiger partial charge is 0.387 e. The molecule has 108 valence electrons. The Balaban J connectivity index is 2.33. The molecule has 4 heteroatoms. The summed E-state index contributed by atoms with van der Waals surface area (Å²) < 4.78 is 14.6. The Bertz CT molecular complexity index is 540. The van der Waals surface area contributed by atoms with E-state index >= 15 is 0 Å². The summed E-state index contributed by atoms with van der Waals surface area (Å²) in [6, 6.07) is 6.75. The topological polar surface area (TPSA) is 44.0 Å². The molecule has 0 heterocycles. The molecule has 1 aromatic carbocycles. The molecule has 1 saturated carbocycles. The quantitative estimate of drug-likeness (QED) is 0.846. The molecule has 0 amide bonds. The highest BCUT2D eigenvalue weighted by Crippen LogP contribution is 2.51. The maximum absolute atomic E-state index is 13.9. The Morgan fingerprint density at radius 3 is 2.45 bits per heavy atom. The summed E-state index contributed by atoms with van der Waals surface area (Å²) in [7, 11) is 0. The lowest BCUT2D eigenvalue weighted by Crippen LogP contribution is -2.35. The van der Waals surface area contributed by atoms with Gasteiger partial charge in [0.05, 0.1) is 11.5 Å². The van der Waals surface area contributed by atoms with Gasteiger partial charge in [0, 0.05) is 10.0 Å². The molecule has 20 heavy (non-hydrogen) atoms. The molecule has 0 saturated heterocycles. The molecule has 1 fully saturated rings. The average molecular weight is 340 g/mol. The first-order valence-corrected chi connectivity index (χ1v) is 7.63. The van der Waals surface area contributed by atoms with Gasteiger partial charge in [-0.1, -0.05) is 29.8 Å². The van der Waals surface area contributed by atoms with E-state index < -0.39 is 17.3 Å². The van der Waals surface area contributed by atoms with E-state index in [1.54, 1.807) is 12.1 Å². The Hall–Kier alpha value is -0.920. The van der Waals surface area contributed by atoms with Crippen molar-refractivity contribution < 1.29 is 9.50 Å². The summed E-state index contributed by atoms with van der Waals surface area (Å²) >= 11 is 3.29. The second-order valence-corrected chi connectivity index (χ2v) is 7.42. The van der Waals surface area contributed by atoms with Crippen LogP contribution in [0.4, 0.5) is 4.39 Å². The molecule has 1 aliphatic carbocycles. The minimum atomic E-state index is -1.08. The zero-order chi connectivity index (χ0) is 15.0. The van der Waals surface area contributed by atoms with Gasteiger partial charge in [0.25, 0.3) is 0 Å². The first-order valence-electron chi connectivity index (χ1n) is 6.84. The van der Waals surface area contributed by atoms with Crippen molar-refractivity contribution in [2.45, 2.75) is 45.6 Å². The number of aliphatic hydroxyl groups is 1. The van der Waals surface area contributed by atoms with Gasteiger partial charge in [-0.05, 0) is 49.3 Å². The highest BCUT2D eigenvalue weighted by molar-refractivity contribution is 9.10. The zero-order valence-corrected chi connectivity index (χ0v) is 13.4. The first-order chi connectivity index (χ1) is 9.30. The third-order valence-corrected chi connectivity index (χ3v) is 4.99. The van der Waals surface area contributed by atoms with E-state index in [4.69, 9.17) is 0 Å². The van der Waals surface area contributed by atoms with Crippen LogP contribution in [0.25, 0.3) is 0 Å². The Labute approximate surface area is 127 Å². The third-order valence-electron chi connectivity index (χ3n) is 4.49. The lowest BCUT2D eigenvalue weighted by atomic mass is 9.62. The molecule has 0 spiro atoms. The van der Waals surface area contributed by atoms with Crippen LogP contribution < -0.4 is 0 Å². The van der Waals surface area contributed by atoms with Gasteiger partial charge < -0.3 is 5.11 Å². The molecule has 1 aliphatic rings. The zero-order valence-electron chi connectivity index (χ0n) is 11.8. The summed E-state index contributed by atoms with van der Waals surface area (Å²) in [4.78, 5) is 0. The van der Waals surface area contributed by atoms with Crippen LogP contribution in [0, 0.1) is 28.0 Å². The molecule has 1 aromatic rings. The Kier molecular flexibility index (Phi) is 4.22. The lowest BCUT2D eigenvalue weighted by Gasteiger charge is -2.42. The summed E-state index contributed by atoms with van der Waals surface area (Å²) in [5, 5.41) is 20.1. The fraction of sp³-hybridized carbons (Fsp3) is 0.562. The van der Waals surface area contributed by atoms with Gasteiger partial charge in [-0.25, -0.2) is 4.39 Å². The predicted molar refractivity (Wildman–Crippen MR) is 79.4 cm³/mol. The smallest absolute Gasteiger partial charge is 0.129 e. The van der Waals surface area contributed by atoms with E-state index in [9.17, 15) is 14.8 Å². The molecule has 1 N–H and O–H groups in total. The number of rotatable bonds is 2. The van der Waals surface area contributed by atoms with Gasteiger partial charge in [-0.15, -0.1) is 0 Å². The number of hydrogen-bond donors (Lipinski definition) is 1. The van der Waals surface area contributed by atoms with Crippen molar-refractivity contribution in [2.75, 3.05) is 0 Å². The van der Waals surface area contributed by atoms with Crippen molar-refractivity contribution in [1.82, 2.24) is 0 Å². The Morgan fingerprint density at radius 1 is 1.30 bits per heavy atom. The van der Waals surface area contributed by atoms with Gasteiger partial charge in [0.2, 0.25) is 0 Å². The fourth-order valence-electron chi connectivity index (χ4n) is 2.84. The molecule has 2 nitrogen and oxygen atoms in total. The van der Waals surface area contributed by atoms with Gasteiger partial charge in [0.15, 0.2) is 0 Å². The van der Waals surface area contributed by atoms with Crippen molar-refractivity contribution in [3.8, 4) is 6.07 Å². The van der Waals surface area contributed by atoms with E-state index in [1.807, 2.05) is 0 Å². The van der Waals surface area contributed by atoms with Gasteiger partial charge >= 0.3 is 0 Å². The van der Waals surface area contributed by atoms with Crippen LogP contribution in [0.15, 0.2) is 22.7 Å². The van der Waals surface area contributed by atoms with Crippen LogP contribution in [-0.4, -0.2) is 5.11 Å². The summed E-state index contributed by atoms with van der Waals surface area (Å²) in [5.41, 5.74) is -0.479. The minimum absolute atomic E-state index is 0.190. The molecule has 2 rings (SSSR count). The summed E-state index contributed by atoms with van der Waals surface area (Å²) in [6.07, 6.45) is 1.86. The molecule has 0 bridgehead atoms. The van der Waals surface area contributed by atoms with Crippen LogP contribution in [0.1, 0.15) is 51.2 Å². The predicted octanol–water partition coefficient (Wildman–Crippen LogP) is 4.73. The van der Waals surface area contributed by atoms with Crippen LogP contribution in [0.2, 0.25) is 0 Å². The molecular weight excluding hydrogens is 321 g/mol. The second-order valence-electron chi connectivity index (χ2n) is 6.50. The number of nitrogens with zero attached hydrogens (tertiary/aromatic N) is 1. The fourth-order valence-corrected chi connectivity index (χ4v) is 3.22. The molecule has 1 atom stereocenters. The molecule has 0 aliphatic heterocycles. The van der Waals surface area contributed by atoms with E-state index in [0.717, 1.165) is 12.8 Å². The third kappa shape index (κ3) is 2.89. The number of halogens is 2. The molecular formula is C16H19BrFNO. The number of aliphatic hydroxyl groups excluding tert-OH is 1. The Morgan fingerprint density at radius 2 is 1.90 bits per heavy atom. The number of benzene rings is 1. The normalized spacial score (nSPS) is 22.0. The van der Waals surface area contributed by atoms with E-state index in [1.165, 1.54) is 6.07 Å². The standard InChI is InChI=1S/C16H19BrFNO/c1-15(2)5-7-16(10-19,8-6-15)14(20)12-9-11(17)3-4-13(12)18/h3-4,9,14,20H,5-8H2,1-2H3. The van der Waals surface area contributed by atoms with Crippen LogP contribution in [0.5, 0.6) is 0 Å². The van der Waals surface area contributed by atoms with E-state index in [2.05, 4.69) is 35.8 Å². The molecule has 1 unspecified atom stereocenters. The van der Waals surface area contributed by atoms with Gasteiger partial charge in [-0.3, -0.25) is 0 Å².